The van der Waals surface area contributed by atoms with Crippen LogP contribution in [0.2, 0.25) is 0 Å². The average molecular weight is 252 g/mol. The van der Waals surface area contributed by atoms with Crippen molar-refractivity contribution >= 4 is 17.5 Å². The molecule has 9 nitrogen and oxygen atoms in total. The number of nitrogen functional groups attached to an aromatic ring is 2. The van der Waals surface area contributed by atoms with Crippen LogP contribution in [-0.2, 0) is 9.47 Å². The highest BCUT2D eigenvalue weighted by Crippen LogP contribution is 2.29. The van der Waals surface area contributed by atoms with E-state index in [0.717, 1.165) is 0 Å². The van der Waals surface area contributed by atoms with Crippen molar-refractivity contribution in [2.75, 3.05) is 24.7 Å². The Hall–Kier alpha value is -1.97. The van der Waals surface area contributed by atoms with E-state index < -0.39 is 6.29 Å². The molecular weight excluding hydrogens is 240 g/mol. The summed E-state index contributed by atoms with van der Waals surface area (Å²) in [5.41, 5.74) is 12.4. The standard InChI is InChI=1S/C9H12N6O3/c10-8-13-7-4(1-12-15(7)9(11)14-8)5-3-17-6(2-16)18-5/h1,5-6,16H,2-3H2,(H4,10,11,13,14). The van der Waals surface area contributed by atoms with Crippen molar-refractivity contribution in [1.29, 1.82) is 0 Å². The van der Waals surface area contributed by atoms with E-state index >= 15 is 0 Å². The summed E-state index contributed by atoms with van der Waals surface area (Å²) in [7, 11) is 0. The number of ether oxygens (including phenoxy) is 2. The van der Waals surface area contributed by atoms with Crippen LogP contribution in [-0.4, -0.2) is 44.2 Å². The first-order valence-electron chi connectivity index (χ1n) is 5.33. The molecule has 1 aliphatic heterocycles. The average Bonchev–Trinajstić information content (AvgIpc) is 2.93. The third-order valence-corrected chi connectivity index (χ3v) is 2.68. The van der Waals surface area contributed by atoms with Gasteiger partial charge in [0, 0.05) is 5.56 Å². The number of aliphatic hydroxyl groups excluding tert-OH is 1. The quantitative estimate of drug-likeness (QED) is 0.600. The normalized spacial score (nSPS) is 23.8. The summed E-state index contributed by atoms with van der Waals surface area (Å²) in [6.07, 6.45) is 0.600. The summed E-state index contributed by atoms with van der Waals surface area (Å²) in [5, 5.41) is 13.0. The van der Waals surface area contributed by atoms with E-state index in [-0.39, 0.29) is 24.6 Å². The number of nitrogens with two attached hydrogens (primary N) is 2. The molecule has 0 aliphatic carbocycles. The van der Waals surface area contributed by atoms with Crippen LogP contribution in [0.1, 0.15) is 11.7 Å². The van der Waals surface area contributed by atoms with Gasteiger partial charge in [0.1, 0.15) is 6.10 Å². The third-order valence-electron chi connectivity index (χ3n) is 2.68. The van der Waals surface area contributed by atoms with E-state index in [1.807, 2.05) is 0 Å². The van der Waals surface area contributed by atoms with Crippen LogP contribution in [0.25, 0.3) is 5.65 Å². The summed E-state index contributed by atoms with van der Waals surface area (Å²) in [6, 6.07) is 0. The molecule has 5 N–H and O–H groups in total. The number of hydrogen-bond donors (Lipinski definition) is 3. The maximum absolute atomic E-state index is 8.95. The Morgan fingerprint density at radius 3 is 3.00 bits per heavy atom. The molecule has 0 bridgehead atoms. The molecule has 2 aromatic rings. The van der Waals surface area contributed by atoms with Crippen molar-refractivity contribution in [3.05, 3.63) is 11.8 Å². The van der Waals surface area contributed by atoms with Gasteiger partial charge in [-0.05, 0) is 0 Å². The Bertz CT molecular complexity index is 585. The van der Waals surface area contributed by atoms with Crippen LogP contribution in [0.15, 0.2) is 6.20 Å². The second-order valence-electron chi connectivity index (χ2n) is 3.85. The van der Waals surface area contributed by atoms with Gasteiger partial charge in [-0.15, -0.1) is 0 Å². The Morgan fingerprint density at radius 2 is 2.28 bits per heavy atom. The molecule has 18 heavy (non-hydrogen) atoms. The molecule has 2 atom stereocenters. The van der Waals surface area contributed by atoms with Gasteiger partial charge in [-0.25, -0.2) is 0 Å². The monoisotopic (exact) mass is 252 g/mol. The highest BCUT2D eigenvalue weighted by atomic mass is 16.7. The fourth-order valence-electron chi connectivity index (χ4n) is 1.87. The maximum Gasteiger partial charge on any atom is 0.226 e. The van der Waals surface area contributed by atoms with Gasteiger partial charge in [-0.2, -0.15) is 19.6 Å². The molecule has 3 heterocycles. The van der Waals surface area contributed by atoms with Gasteiger partial charge < -0.3 is 26.0 Å². The van der Waals surface area contributed by atoms with Gasteiger partial charge in [-0.3, -0.25) is 0 Å². The molecule has 0 saturated carbocycles. The number of aromatic nitrogens is 4. The van der Waals surface area contributed by atoms with E-state index in [1.54, 1.807) is 6.20 Å². The largest absolute Gasteiger partial charge is 0.391 e. The lowest BCUT2D eigenvalue weighted by Gasteiger charge is -2.07. The smallest absolute Gasteiger partial charge is 0.226 e. The van der Waals surface area contributed by atoms with E-state index in [2.05, 4.69) is 15.1 Å². The number of hydrogen-bond acceptors (Lipinski definition) is 8. The molecule has 0 radical (unpaired) electrons. The van der Waals surface area contributed by atoms with Crippen LogP contribution in [0, 0.1) is 0 Å². The fourth-order valence-corrected chi connectivity index (χ4v) is 1.87. The van der Waals surface area contributed by atoms with Gasteiger partial charge in [0.05, 0.1) is 19.4 Å². The van der Waals surface area contributed by atoms with Crippen molar-refractivity contribution in [3.63, 3.8) is 0 Å². The molecule has 0 spiro atoms. The molecule has 0 amide bonds. The van der Waals surface area contributed by atoms with Gasteiger partial charge >= 0.3 is 0 Å². The molecule has 2 unspecified atom stereocenters. The zero-order chi connectivity index (χ0) is 12.7. The first-order chi connectivity index (χ1) is 8.69. The third kappa shape index (κ3) is 1.65. The number of fused-ring (bicyclic) bond motifs is 1. The van der Waals surface area contributed by atoms with E-state index in [0.29, 0.717) is 17.8 Å². The summed E-state index contributed by atoms with van der Waals surface area (Å²) in [4.78, 5) is 7.89. The number of aliphatic hydroxyl groups is 1. The summed E-state index contributed by atoms with van der Waals surface area (Å²) in [6.45, 7) is 0.116. The summed E-state index contributed by atoms with van der Waals surface area (Å²) in [5.74, 6) is 0.223. The van der Waals surface area contributed by atoms with Crippen molar-refractivity contribution in [2.45, 2.75) is 12.4 Å². The van der Waals surface area contributed by atoms with Crippen LogP contribution < -0.4 is 11.5 Å². The SMILES string of the molecule is Nc1nc(N)n2ncc(C3COC(CO)O3)c2n1. The molecule has 3 rings (SSSR count). The predicted octanol–water partition coefficient (Wildman–Crippen LogP) is -1.31. The molecule has 0 aromatic carbocycles. The topological polar surface area (TPSA) is 134 Å². The highest BCUT2D eigenvalue weighted by Gasteiger charge is 2.29. The molecule has 1 fully saturated rings. The zero-order valence-corrected chi connectivity index (χ0v) is 9.35. The van der Waals surface area contributed by atoms with E-state index in [4.69, 9.17) is 26.0 Å². The van der Waals surface area contributed by atoms with Crippen molar-refractivity contribution < 1.29 is 14.6 Å². The van der Waals surface area contributed by atoms with Crippen LogP contribution >= 0.6 is 0 Å². The zero-order valence-electron chi connectivity index (χ0n) is 9.35. The summed E-state index contributed by atoms with van der Waals surface area (Å²) < 4.78 is 12.1. The minimum Gasteiger partial charge on any atom is -0.391 e. The Labute approximate surface area is 101 Å². The first kappa shape index (κ1) is 11.1. The second kappa shape index (κ2) is 4.05. The molecule has 96 valence electrons. The number of anilines is 2. The Kier molecular flexibility index (Phi) is 2.51. The van der Waals surface area contributed by atoms with E-state index in [1.165, 1.54) is 4.52 Å². The number of nitrogens with zero attached hydrogens (tertiary/aromatic N) is 4. The molecule has 2 aromatic heterocycles. The molecule has 1 saturated heterocycles. The van der Waals surface area contributed by atoms with Gasteiger partial charge in [0.2, 0.25) is 11.9 Å². The van der Waals surface area contributed by atoms with Crippen LogP contribution in [0.4, 0.5) is 11.9 Å². The van der Waals surface area contributed by atoms with Crippen molar-refractivity contribution in [2.24, 2.45) is 0 Å². The van der Waals surface area contributed by atoms with Crippen molar-refractivity contribution in [1.82, 2.24) is 19.6 Å². The lowest BCUT2D eigenvalue weighted by atomic mass is 10.2. The van der Waals surface area contributed by atoms with Crippen LogP contribution in [0.5, 0.6) is 0 Å². The lowest BCUT2D eigenvalue weighted by molar-refractivity contribution is -0.0880. The molecule has 1 aliphatic rings. The van der Waals surface area contributed by atoms with Gasteiger partial charge in [0.25, 0.3) is 0 Å². The molecular formula is C9H12N6O3. The van der Waals surface area contributed by atoms with Gasteiger partial charge in [0.15, 0.2) is 11.9 Å². The van der Waals surface area contributed by atoms with Gasteiger partial charge in [-0.1, -0.05) is 0 Å². The van der Waals surface area contributed by atoms with E-state index in [9.17, 15) is 0 Å². The Balaban J connectivity index is 2.03. The van der Waals surface area contributed by atoms with Crippen LogP contribution in [0.3, 0.4) is 0 Å². The lowest BCUT2D eigenvalue weighted by Crippen LogP contribution is -2.13. The first-order valence-corrected chi connectivity index (χ1v) is 5.33. The predicted molar refractivity (Wildman–Crippen MR) is 60.3 cm³/mol. The maximum atomic E-state index is 8.95. The minimum absolute atomic E-state index is 0.0689. The number of rotatable bonds is 2. The minimum atomic E-state index is -0.624. The van der Waals surface area contributed by atoms with Crippen molar-refractivity contribution in [3.8, 4) is 0 Å². The molecule has 9 heteroatoms. The fraction of sp³-hybridized carbons (Fsp3) is 0.444. The summed E-state index contributed by atoms with van der Waals surface area (Å²) >= 11 is 0. The Morgan fingerprint density at radius 1 is 1.44 bits per heavy atom. The highest BCUT2D eigenvalue weighted by molar-refractivity contribution is 5.53. The second-order valence-corrected chi connectivity index (χ2v) is 3.85.